The Balaban J connectivity index is 0.000000234. The molecule has 14 heteroatoms. The number of aliphatic hydroxyl groups is 2. The fraction of sp³-hybridized carbons (Fsp3) is 0.583. The lowest BCUT2D eigenvalue weighted by Crippen LogP contribution is -2.31. The Bertz CT molecular complexity index is 1740. The van der Waals surface area contributed by atoms with E-state index in [4.69, 9.17) is 42.4 Å². The number of hydrogen-bond donors (Lipinski definition) is 2. The van der Waals surface area contributed by atoms with Crippen molar-refractivity contribution in [3.8, 4) is 11.5 Å². The molecule has 2 saturated heterocycles. The van der Waals surface area contributed by atoms with Gasteiger partial charge >= 0.3 is 0 Å². The number of halogens is 2. The minimum absolute atomic E-state index is 0.00872. The van der Waals surface area contributed by atoms with E-state index in [9.17, 15) is 19.8 Å². The molecule has 0 saturated carbocycles. The van der Waals surface area contributed by atoms with Gasteiger partial charge in [0.15, 0.2) is 24.8 Å². The third kappa shape index (κ3) is 15.4. The zero-order valence-electron chi connectivity index (χ0n) is 36.6. The molecule has 0 spiro atoms. The van der Waals surface area contributed by atoms with Gasteiger partial charge in [-0.2, -0.15) is 23.5 Å². The lowest BCUT2D eigenvalue weighted by atomic mass is 9.76. The van der Waals surface area contributed by atoms with Crippen LogP contribution < -0.4 is 9.47 Å². The van der Waals surface area contributed by atoms with Crippen molar-refractivity contribution in [3.05, 3.63) is 81.2 Å². The predicted molar refractivity (Wildman–Crippen MR) is 255 cm³/mol. The molecule has 2 fully saturated rings. The average molecular weight is 932 g/mol. The van der Waals surface area contributed by atoms with Gasteiger partial charge in [-0.25, -0.2) is 0 Å². The zero-order chi connectivity index (χ0) is 44.4. The number of thioether (sulfide) groups is 2. The summed E-state index contributed by atoms with van der Waals surface area (Å²) in [5.74, 6) is 7.83. The first-order valence-electron chi connectivity index (χ1n) is 22.2. The summed E-state index contributed by atoms with van der Waals surface area (Å²) in [4.78, 5) is 37.0. The lowest BCUT2D eigenvalue weighted by Gasteiger charge is -2.32. The SMILES string of the molecule is CCCC(=NOCC(C)Oc1ccc(Cl)cc1)C1=C(O)CC(C2CCCSC2)CC1=O.CCCC(=NOCC(C)Oc1ccc(Cl)cc1)C1=C(O)CC(C2CCCSC2)CC1=O. The Morgan fingerprint density at radius 2 is 1.03 bits per heavy atom. The molecular weight excluding hydrogens is 868 g/mol. The molecule has 6 unspecified atom stereocenters. The topological polar surface area (TPSA) is 136 Å². The maximum absolute atomic E-state index is 12.9. The number of hydrogen-bond acceptors (Lipinski definition) is 12. The highest BCUT2D eigenvalue weighted by molar-refractivity contribution is 7.99. The van der Waals surface area contributed by atoms with Gasteiger partial charge in [0.2, 0.25) is 0 Å². The van der Waals surface area contributed by atoms with E-state index in [1.807, 2.05) is 51.2 Å². The highest BCUT2D eigenvalue weighted by atomic mass is 35.5. The first-order chi connectivity index (χ1) is 29.9. The summed E-state index contributed by atoms with van der Waals surface area (Å²) in [7, 11) is 0. The Kier molecular flexibility index (Phi) is 20.7. The zero-order valence-corrected chi connectivity index (χ0v) is 39.8. The molecule has 0 amide bonds. The molecule has 2 aliphatic carbocycles. The van der Waals surface area contributed by atoms with E-state index in [1.54, 1.807) is 48.5 Å². The Labute approximate surface area is 386 Å². The van der Waals surface area contributed by atoms with Gasteiger partial charge < -0.3 is 29.4 Å². The molecule has 0 bridgehead atoms. The number of oxime groups is 2. The highest BCUT2D eigenvalue weighted by Gasteiger charge is 2.36. The maximum Gasteiger partial charge on any atom is 0.168 e. The van der Waals surface area contributed by atoms with Gasteiger partial charge in [-0.05, 0) is 148 Å². The molecule has 4 aliphatic rings. The van der Waals surface area contributed by atoms with E-state index in [-0.39, 0.29) is 60.3 Å². The molecule has 2 heterocycles. The summed E-state index contributed by atoms with van der Waals surface area (Å²) < 4.78 is 11.6. The normalized spacial score (nSPS) is 23.6. The van der Waals surface area contributed by atoms with Crippen molar-refractivity contribution in [1.29, 1.82) is 0 Å². The number of allylic oxidation sites excluding steroid dienone is 4. The number of aliphatic hydroxyl groups excluding tert-OH is 2. The summed E-state index contributed by atoms with van der Waals surface area (Å²) in [6.45, 7) is 8.29. The van der Waals surface area contributed by atoms with Crippen LogP contribution in [0.5, 0.6) is 11.5 Å². The van der Waals surface area contributed by atoms with E-state index in [1.165, 1.54) is 24.3 Å². The van der Waals surface area contributed by atoms with E-state index in [2.05, 4.69) is 10.3 Å². The molecule has 0 radical (unpaired) electrons. The Morgan fingerprint density at radius 1 is 0.645 bits per heavy atom. The van der Waals surface area contributed by atoms with E-state index in [0.717, 1.165) is 37.2 Å². The van der Waals surface area contributed by atoms with Crippen LogP contribution in [0.15, 0.2) is 81.5 Å². The molecule has 340 valence electrons. The van der Waals surface area contributed by atoms with E-state index in [0.29, 0.717) is 94.5 Å². The quantitative estimate of drug-likeness (QED) is 0.110. The second-order valence-corrected chi connectivity index (χ2v) is 19.9. The van der Waals surface area contributed by atoms with Gasteiger partial charge in [0.25, 0.3) is 0 Å². The molecule has 62 heavy (non-hydrogen) atoms. The minimum Gasteiger partial charge on any atom is -0.511 e. The number of carbonyl (C=O) groups excluding carboxylic acids is 2. The number of rotatable bonds is 18. The van der Waals surface area contributed by atoms with E-state index < -0.39 is 0 Å². The fourth-order valence-corrected chi connectivity index (χ4v) is 11.2. The summed E-state index contributed by atoms with van der Waals surface area (Å²) >= 11 is 15.7. The van der Waals surface area contributed by atoms with Gasteiger partial charge in [0, 0.05) is 35.7 Å². The van der Waals surface area contributed by atoms with Crippen LogP contribution >= 0.6 is 46.7 Å². The van der Waals surface area contributed by atoms with Gasteiger partial charge in [-0.3, -0.25) is 9.59 Å². The van der Waals surface area contributed by atoms with Crippen LogP contribution in [0.2, 0.25) is 10.0 Å². The maximum atomic E-state index is 12.9. The van der Waals surface area contributed by atoms with Gasteiger partial charge in [-0.1, -0.05) is 60.2 Å². The van der Waals surface area contributed by atoms with Crippen molar-refractivity contribution in [2.24, 2.45) is 34.0 Å². The standard InChI is InChI=1S/2C24H32ClNO4S/c2*1-3-5-21(26-29-14-16(2)30-20-9-7-19(25)8-10-20)24-22(27)12-18(13-23(24)28)17-6-4-11-31-15-17/h2*7-10,16-18,27H,3-6,11-15H2,1-2H3. The number of ether oxygens (including phenoxy) is 2. The van der Waals surface area contributed by atoms with Crippen LogP contribution in [0.3, 0.4) is 0 Å². The van der Waals surface area contributed by atoms with Crippen molar-refractivity contribution < 1.29 is 39.0 Å². The highest BCUT2D eigenvalue weighted by Crippen LogP contribution is 2.39. The molecular formula is C48H64Cl2N2O8S2. The molecule has 2 aliphatic heterocycles. The third-order valence-corrected chi connectivity index (χ3v) is 14.5. The van der Waals surface area contributed by atoms with Crippen LogP contribution in [0.4, 0.5) is 0 Å². The summed E-state index contributed by atoms with van der Waals surface area (Å²) in [6, 6.07) is 14.3. The lowest BCUT2D eigenvalue weighted by molar-refractivity contribution is -0.118. The van der Waals surface area contributed by atoms with Crippen molar-refractivity contribution in [1.82, 2.24) is 0 Å². The smallest absolute Gasteiger partial charge is 0.168 e. The monoisotopic (exact) mass is 930 g/mol. The summed E-state index contributed by atoms with van der Waals surface area (Å²) in [5.41, 5.74) is 1.82. The molecule has 0 aromatic heterocycles. The minimum atomic E-state index is -0.231. The first kappa shape index (κ1) is 49.7. The van der Waals surface area contributed by atoms with Crippen molar-refractivity contribution in [3.63, 3.8) is 0 Å². The molecule has 2 aromatic rings. The van der Waals surface area contributed by atoms with Crippen LogP contribution in [0.1, 0.15) is 105 Å². The van der Waals surface area contributed by atoms with Crippen molar-refractivity contribution >= 4 is 69.7 Å². The Hall–Kier alpha value is -3.32. The predicted octanol–water partition coefficient (Wildman–Crippen LogP) is 12.4. The number of nitrogens with zero attached hydrogens (tertiary/aromatic N) is 2. The second-order valence-electron chi connectivity index (χ2n) is 16.7. The Morgan fingerprint density at radius 3 is 1.35 bits per heavy atom. The van der Waals surface area contributed by atoms with Crippen LogP contribution in [-0.2, 0) is 19.3 Å². The number of benzene rings is 2. The second kappa shape index (κ2) is 25.8. The van der Waals surface area contributed by atoms with Crippen LogP contribution in [-0.4, -0.2) is 81.6 Å². The molecule has 2 N–H and O–H groups in total. The van der Waals surface area contributed by atoms with Crippen molar-refractivity contribution in [2.75, 3.05) is 36.2 Å². The number of carbonyl (C=O) groups is 2. The third-order valence-electron chi connectivity index (χ3n) is 11.5. The van der Waals surface area contributed by atoms with Crippen molar-refractivity contribution in [2.45, 2.75) is 117 Å². The van der Waals surface area contributed by atoms with Gasteiger partial charge in [-0.15, -0.1) is 0 Å². The van der Waals surface area contributed by atoms with E-state index >= 15 is 0 Å². The van der Waals surface area contributed by atoms with Gasteiger partial charge in [0.1, 0.15) is 35.2 Å². The molecule has 6 atom stereocenters. The molecule has 2 aromatic carbocycles. The van der Waals surface area contributed by atoms with Gasteiger partial charge in [0.05, 0.1) is 22.6 Å². The number of ketones is 2. The largest absolute Gasteiger partial charge is 0.511 e. The summed E-state index contributed by atoms with van der Waals surface area (Å²) in [5, 5.41) is 31.3. The van der Waals surface area contributed by atoms with Crippen LogP contribution in [0, 0.1) is 23.7 Å². The fourth-order valence-electron chi connectivity index (χ4n) is 8.35. The average Bonchev–Trinajstić information content (AvgIpc) is 3.25. The first-order valence-corrected chi connectivity index (χ1v) is 25.3. The number of Topliss-reactive ketones (excluding diaryl/α,β-unsaturated/α-hetero) is 2. The molecule has 6 rings (SSSR count). The van der Waals surface area contributed by atoms with Crippen LogP contribution in [0.25, 0.3) is 0 Å². The molecule has 10 nitrogen and oxygen atoms in total. The summed E-state index contributed by atoms with van der Waals surface area (Å²) in [6.07, 6.45) is 9.13.